The Morgan fingerprint density at radius 2 is 1.86 bits per heavy atom. The molecule has 0 saturated heterocycles. The number of phenols is 2. The van der Waals surface area contributed by atoms with Crippen molar-refractivity contribution < 1.29 is 30.3 Å². The Hall–Kier alpha value is -2.34. The zero-order chi connectivity index (χ0) is 16.1. The highest BCUT2D eigenvalue weighted by Crippen LogP contribution is 2.44. The largest absolute Gasteiger partial charge is 0.508 e. The Morgan fingerprint density at radius 1 is 1.14 bits per heavy atom. The first-order valence-electron chi connectivity index (χ1n) is 7.01. The fourth-order valence-corrected chi connectivity index (χ4v) is 3.10. The predicted molar refractivity (Wildman–Crippen MR) is 78.0 cm³/mol. The number of rotatable bonds is 1. The molecule has 0 radical (unpaired) electrons. The van der Waals surface area contributed by atoms with Gasteiger partial charge in [-0.3, -0.25) is 0 Å². The van der Waals surface area contributed by atoms with Gasteiger partial charge in [-0.1, -0.05) is 6.92 Å². The second kappa shape index (κ2) is 4.84. The van der Waals surface area contributed by atoms with Gasteiger partial charge in [0, 0.05) is 29.5 Å². The Labute approximate surface area is 127 Å². The van der Waals surface area contributed by atoms with Gasteiger partial charge in [0.15, 0.2) is 11.5 Å². The lowest BCUT2D eigenvalue weighted by Crippen LogP contribution is -2.48. The van der Waals surface area contributed by atoms with Gasteiger partial charge in [-0.2, -0.15) is 0 Å². The normalized spacial score (nSPS) is 30.8. The molecule has 1 aromatic rings. The monoisotopic (exact) mass is 306 g/mol. The molecule has 0 saturated carbocycles. The van der Waals surface area contributed by atoms with Crippen LogP contribution in [0.25, 0.3) is 0 Å². The molecule has 0 bridgehead atoms. The van der Waals surface area contributed by atoms with Crippen LogP contribution in [0, 0.1) is 5.41 Å². The van der Waals surface area contributed by atoms with Gasteiger partial charge in [0.25, 0.3) is 0 Å². The summed E-state index contributed by atoms with van der Waals surface area (Å²) in [6.45, 7) is 1.80. The molecule has 1 aromatic carbocycles. The third kappa shape index (κ3) is 2.25. The molecule has 2 aliphatic rings. The number of aliphatic hydroxyl groups is 3. The highest BCUT2D eigenvalue weighted by molar-refractivity contribution is 5.51. The number of aliphatic hydroxyl groups excluding tert-OH is 3. The van der Waals surface area contributed by atoms with E-state index in [2.05, 4.69) is 0 Å². The SMILES string of the molecule is CC1([C@@H]2Oc3cc(O)cc(O)c3C[C@H]2O)C=C(O)C(O)=CC1. The van der Waals surface area contributed by atoms with Gasteiger partial charge < -0.3 is 30.3 Å². The van der Waals surface area contributed by atoms with Crippen molar-refractivity contribution in [3.05, 3.63) is 41.4 Å². The van der Waals surface area contributed by atoms with Crippen LogP contribution in [0.5, 0.6) is 17.2 Å². The van der Waals surface area contributed by atoms with Crippen LogP contribution in [0.3, 0.4) is 0 Å². The third-order valence-electron chi connectivity index (χ3n) is 4.30. The van der Waals surface area contributed by atoms with E-state index in [1.165, 1.54) is 24.3 Å². The highest BCUT2D eigenvalue weighted by atomic mass is 16.5. The zero-order valence-corrected chi connectivity index (χ0v) is 12.0. The summed E-state index contributed by atoms with van der Waals surface area (Å²) >= 11 is 0. The molecule has 118 valence electrons. The minimum absolute atomic E-state index is 0.128. The van der Waals surface area contributed by atoms with Gasteiger partial charge in [0.1, 0.15) is 23.4 Å². The predicted octanol–water partition coefficient (Wildman–Crippen LogP) is 2.06. The lowest BCUT2D eigenvalue weighted by Gasteiger charge is -2.42. The minimum atomic E-state index is -0.898. The van der Waals surface area contributed by atoms with Crippen molar-refractivity contribution in [3.63, 3.8) is 0 Å². The maximum atomic E-state index is 10.4. The first-order chi connectivity index (χ1) is 10.3. The van der Waals surface area contributed by atoms with E-state index in [1.54, 1.807) is 6.92 Å². The van der Waals surface area contributed by atoms with Gasteiger partial charge in [-0.05, 0) is 18.6 Å². The highest BCUT2D eigenvalue weighted by Gasteiger charge is 2.44. The summed E-state index contributed by atoms with van der Waals surface area (Å²) in [4.78, 5) is 0. The summed E-state index contributed by atoms with van der Waals surface area (Å²) in [7, 11) is 0. The molecule has 3 atom stereocenters. The zero-order valence-electron chi connectivity index (χ0n) is 12.0. The Balaban J connectivity index is 1.97. The lowest BCUT2D eigenvalue weighted by atomic mass is 9.73. The van der Waals surface area contributed by atoms with E-state index in [1.807, 2.05) is 0 Å². The van der Waals surface area contributed by atoms with Crippen LogP contribution in [0.2, 0.25) is 0 Å². The first-order valence-corrected chi connectivity index (χ1v) is 7.01. The molecule has 6 nitrogen and oxygen atoms in total. The Kier molecular flexibility index (Phi) is 3.21. The molecule has 0 spiro atoms. The van der Waals surface area contributed by atoms with E-state index < -0.39 is 17.6 Å². The fraction of sp³-hybridized carbons (Fsp3) is 0.375. The van der Waals surface area contributed by atoms with Crippen molar-refractivity contribution >= 4 is 0 Å². The van der Waals surface area contributed by atoms with E-state index in [0.717, 1.165) is 0 Å². The van der Waals surface area contributed by atoms with Crippen molar-refractivity contribution in [2.45, 2.75) is 32.0 Å². The topological polar surface area (TPSA) is 110 Å². The molecule has 0 aromatic heterocycles. The van der Waals surface area contributed by atoms with Crippen molar-refractivity contribution in [1.82, 2.24) is 0 Å². The van der Waals surface area contributed by atoms with E-state index in [4.69, 9.17) is 4.74 Å². The van der Waals surface area contributed by atoms with E-state index >= 15 is 0 Å². The number of hydrogen-bond acceptors (Lipinski definition) is 6. The number of fused-ring (bicyclic) bond motifs is 1. The van der Waals surface area contributed by atoms with E-state index in [9.17, 15) is 25.5 Å². The number of phenolic OH excluding ortho intramolecular Hbond substituents is 2. The lowest BCUT2D eigenvalue weighted by molar-refractivity contribution is -0.0359. The molecule has 5 N–H and O–H groups in total. The molecule has 3 rings (SSSR count). The summed E-state index contributed by atoms with van der Waals surface area (Å²) in [5, 5.41) is 49.0. The molecular weight excluding hydrogens is 288 g/mol. The summed E-state index contributed by atoms with van der Waals surface area (Å²) in [5.74, 6) is -0.401. The molecular formula is C16H18O6. The third-order valence-corrected chi connectivity index (χ3v) is 4.30. The molecule has 1 heterocycles. The van der Waals surface area contributed by atoms with Gasteiger partial charge in [0.2, 0.25) is 0 Å². The van der Waals surface area contributed by atoms with Gasteiger partial charge in [-0.25, -0.2) is 0 Å². The summed E-state index contributed by atoms with van der Waals surface area (Å²) in [6.07, 6.45) is 1.90. The average Bonchev–Trinajstić information content (AvgIpc) is 2.43. The Bertz CT molecular complexity index is 677. The maximum Gasteiger partial charge on any atom is 0.153 e. The summed E-state index contributed by atoms with van der Waals surface area (Å²) in [5.41, 5.74) is -0.290. The van der Waals surface area contributed by atoms with Crippen LogP contribution < -0.4 is 4.74 Å². The number of hydrogen-bond donors (Lipinski definition) is 5. The average molecular weight is 306 g/mol. The van der Waals surface area contributed by atoms with Crippen LogP contribution in [0.1, 0.15) is 18.9 Å². The second-order valence-electron chi connectivity index (χ2n) is 6.08. The molecule has 22 heavy (non-hydrogen) atoms. The molecule has 0 amide bonds. The van der Waals surface area contributed by atoms with E-state index in [0.29, 0.717) is 17.7 Å². The summed E-state index contributed by atoms with van der Waals surface area (Å²) in [6, 6.07) is 2.58. The smallest absolute Gasteiger partial charge is 0.153 e. The maximum absolute atomic E-state index is 10.4. The van der Waals surface area contributed by atoms with Crippen LogP contribution in [-0.2, 0) is 6.42 Å². The van der Waals surface area contributed by atoms with Gasteiger partial charge in [0.05, 0.1) is 6.10 Å². The molecule has 6 heteroatoms. The quantitative estimate of drug-likeness (QED) is 0.543. The van der Waals surface area contributed by atoms with Crippen molar-refractivity contribution in [2.75, 3.05) is 0 Å². The van der Waals surface area contributed by atoms with Crippen molar-refractivity contribution in [1.29, 1.82) is 0 Å². The molecule has 1 aliphatic carbocycles. The van der Waals surface area contributed by atoms with Gasteiger partial charge >= 0.3 is 0 Å². The summed E-state index contributed by atoms with van der Waals surface area (Å²) < 4.78 is 5.80. The second-order valence-corrected chi connectivity index (χ2v) is 6.08. The molecule has 0 fully saturated rings. The minimum Gasteiger partial charge on any atom is -0.508 e. The number of benzene rings is 1. The van der Waals surface area contributed by atoms with Crippen LogP contribution in [0.15, 0.2) is 35.8 Å². The number of ether oxygens (including phenoxy) is 1. The first kappa shape index (κ1) is 14.6. The standard InChI is InChI=1S/C16H18O6/c1-16(3-2-10(18)13(21)7-16)15-12(20)6-9-11(19)4-8(17)5-14(9)22-15/h2,4-5,7,12,15,17-21H,3,6H2,1H3/t12-,15-,16?/m1/s1. The van der Waals surface area contributed by atoms with Crippen LogP contribution >= 0.6 is 0 Å². The fourth-order valence-electron chi connectivity index (χ4n) is 3.10. The van der Waals surface area contributed by atoms with Gasteiger partial charge in [-0.15, -0.1) is 0 Å². The van der Waals surface area contributed by atoms with Crippen LogP contribution in [-0.4, -0.2) is 37.7 Å². The molecule has 1 unspecified atom stereocenters. The number of aromatic hydroxyl groups is 2. The van der Waals surface area contributed by atoms with Crippen molar-refractivity contribution in [3.8, 4) is 17.2 Å². The number of allylic oxidation sites excluding steroid dienone is 1. The Morgan fingerprint density at radius 3 is 2.55 bits per heavy atom. The molecule has 1 aliphatic heterocycles. The van der Waals surface area contributed by atoms with Crippen LogP contribution in [0.4, 0.5) is 0 Å². The van der Waals surface area contributed by atoms with E-state index in [-0.39, 0.29) is 29.4 Å². The van der Waals surface area contributed by atoms with Crippen molar-refractivity contribution in [2.24, 2.45) is 5.41 Å².